The molecule has 5 rings (SSSR count). The first kappa shape index (κ1) is 18.3. The molecular formula is C25H20O5. The van der Waals surface area contributed by atoms with Crippen LogP contribution in [0.1, 0.15) is 22.6 Å². The third-order valence-corrected chi connectivity index (χ3v) is 5.61. The van der Waals surface area contributed by atoms with Gasteiger partial charge in [0, 0.05) is 28.5 Å². The number of aromatic hydroxyl groups is 1. The van der Waals surface area contributed by atoms with E-state index in [1.165, 1.54) is 0 Å². The van der Waals surface area contributed by atoms with Gasteiger partial charge in [-0.3, -0.25) is 4.79 Å². The second-order valence-electron chi connectivity index (χ2n) is 7.61. The molecule has 0 radical (unpaired) electrons. The van der Waals surface area contributed by atoms with Crippen molar-refractivity contribution in [2.45, 2.75) is 18.8 Å². The van der Waals surface area contributed by atoms with E-state index in [1.54, 1.807) is 12.1 Å². The van der Waals surface area contributed by atoms with Crippen molar-refractivity contribution in [3.8, 4) is 22.8 Å². The fraction of sp³-hybridized carbons (Fsp3) is 0.160. The number of carbonyl (C=O) groups is 1. The zero-order valence-corrected chi connectivity index (χ0v) is 16.2. The zero-order valence-electron chi connectivity index (χ0n) is 16.2. The number of ether oxygens (including phenoxy) is 1. The Bertz CT molecular complexity index is 1220. The first-order chi connectivity index (χ1) is 14.6. The molecule has 0 amide bonds. The van der Waals surface area contributed by atoms with Gasteiger partial charge < -0.3 is 19.4 Å². The van der Waals surface area contributed by atoms with E-state index in [1.807, 2.05) is 54.6 Å². The van der Waals surface area contributed by atoms with Gasteiger partial charge in [0.05, 0.1) is 13.0 Å². The van der Waals surface area contributed by atoms with Crippen LogP contribution in [0.25, 0.3) is 22.3 Å². The molecule has 2 N–H and O–H groups in total. The Morgan fingerprint density at radius 1 is 1.03 bits per heavy atom. The number of hydrogen-bond acceptors (Lipinski definition) is 4. The van der Waals surface area contributed by atoms with Gasteiger partial charge >= 0.3 is 5.97 Å². The minimum absolute atomic E-state index is 0.113. The lowest BCUT2D eigenvalue weighted by Gasteiger charge is -2.25. The molecule has 0 saturated carbocycles. The summed E-state index contributed by atoms with van der Waals surface area (Å²) in [5.74, 6) is 0.866. The molecule has 2 heterocycles. The summed E-state index contributed by atoms with van der Waals surface area (Å²) in [6, 6.07) is 20.6. The lowest BCUT2D eigenvalue weighted by atomic mass is 9.89. The first-order valence-electron chi connectivity index (χ1n) is 9.85. The third-order valence-electron chi connectivity index (χ3n) is 5.61. The van der Waals surface area contributed by atoms with Crippen LogP contribution in [0.4, 0.5) is 0 Å². The molecule has 0 bridgehead atoms. The van der Waals surface area contributed by atoms with E-state index >= 15 is 0 Å². The Balaban J connectivity index is 1.59. The number of phenols is 1. The summed E-state index contributed by atoms with van der Waals surface area (Å²) in [6.45, 7) is 0.539. The minimum atomic E-state index is -0.897. The predicted molar refractivity (Wildman–Crippen MR) is 113 cm³/mol. The van der Waals surface area contributed by atoms with Crippen molar-refractivity contribution in [3.63, 3.8) is 0 Å². The highest BCUT2D eigenvalue weighted by Crippen LogP contribution is 2.40. The lowest BCUT2D eigenvalue weighted by Crippen LogP contribution is -2.19. The second-order valence-corrected chi connectivity index (χ2v) is 7.61. The van der Waals surface area contributed by atoms with Gasteiger partial charge in [-0.25, -0.2) is 0 Å². The van der Waals surface area contributed by atoms with E-state index in [9.17, 15) is 15.0 Å². The maximum absolute atomic E-state index is 11.6. The molecule has 0 aliphatic carbocycles. The zero-order chi connectivity index (χ0) is 20.7. The van der Waals surface area contributed by atoms with Crippen LogP contribution in [0.3, 0.4) is 0 Å². The van der Waals surface area contributed by atoms with Crippen molar-refractivity contribution in [2.24, 2.45) is 0 Å². The molecule has 1 aromatic heterocycles. The summed E-state index contributed by atoms with van der Waals surface area (Å²) < 4.78 is 12.1. The summed E-state index contributed by atoms with van der Waals surface area (Å²) in [5, 5.41) is 19.8. The number of fused-ring (bicyclic) bond motifs is 2. The largest absolute Gasteiger partial charge is 0.508 e. The molecule has 0 spiro atoms. The fourth-order valence-corrected chi connectivity index (χ4v) is 4.14. The lowest BCUT2D eigenvalue weighted by molar-refractivity contribution is -0.136. The number of aliphatic carboxylic acids is 1. The molecule has 150 valence electrons. The van der Waals surface area contributed by atoms with Crippen LogP contribution in [-0.2, 0) is 17.6 Å². The highest BCUT2D eigenvalue weighted by atomic mass is 16.5. The number of phenolic OH excluding ortho intramolecular Hbond substituents is 1. The average molecular weight is 400 g/mol. The van der Waals surface area contributed by atoms with E-state index in [2.05, 4.69) is 0 Å². The normalized spacial score (nSPS) is 15.5. The van der Waals surface area contributed by atoms with Gasteiger partial charge in [0.15, 0.2) is 0 Å². The van der Waals surface area contributed by atoms with Crippen molar-refractivity contribution >= 4 is 16.9 Å². The van der Waals surface area contributed by atoms with Crippen molar-refractivity contribution in [1.29, 1.82) is 0 Å². The van der Waals surface area contributed by atoms with E-state index < -0.39 is 5.97 Å². The molecule has 5 heteroatoms. The molecular weight excluding hydrogens is 380 g/mol. The summed E-state index contributed by atoms with van der Waals surface area (Å²) >= 11 is 0. The maximum Gasteiger partial charge on any atom is 0.307 e. The molecule has 4 aromatic rings. The van der Waals surface area contributed by atoms with Crippen molar-refractivity contribution in [2.75, 3.05) is 6.61 Å². The average Bonchev–Trinajstić information content (AvgIpc) is 3.09. The number of furan rings is 1. The number of carboxylic acid groups (broad SMARTS) is 1. The first-order valence-corrected chi connectivity index (χ1v) is 9.85. The van der Waals surface area contributed by atoms with Crippen molar-refractivity contribution < 1.29 is 24.2 Å². The van der Waals surface area contributed by atoms with E-state index in [0.717, 1.165) is 34.2 Å². The van der Waals surface area contributed by atoms with Crippen LogP contribution in [0.5, 0.6) is 11.5 Å². The predicted octanol–water partition coefficient (Wildman–Crippen LogP) is 5.15. The highest BCUT2D eigenvalue weighted by Gasteiger charge is 2.25. The Hall–Kier alpha value is -3.73. The van der Waals surface area contributed by atoms with Gasteiger partial charge in [0.25, 0.3) is 0 Å². The Morgan fingerprint density at radius 3 is 2.53 bits per heavy atom. The van der Waals surface area contributed by atoms with Gasteiger partial charge in [0.2, 0.25) is 0 Å². The molecule has 1 aliphatic rings. The molecule has 5 nitrogen and oxygen atoms in total. The Labute approximate surface area is 173 Å². The Kier molecular flexibility index (Phi) is 4.43. The number of hydrogen-bond donors (Lipinski definition) is 2. The number of benzene rings is 3. The van der Waals surface area contributed by atoms with Crippen LogP contribution < -0.4 is 4.74 Å². The summed E-state index contributed by atoms with van der Waals surface area (Å²) in [5.41, 5.74) is 4.29. The van der Waals surface area contributed by atoms with Crippen molar-refractivity contribution in [3.05, 3.63) is 83.4 Å². The maximum atomic E-state index is 11.6. The van der Waals surface area contributed by atoms with Gasteiger partial charge in [-0.15, -0.1) is 0 Å². The fourth-order valence-electron chi connectivity index (χ4n) is 4.14. The van der Waals surface area contributed by atoms with Crippen molar-refractivity contribution in [1.82, 2.24) is 0 Å². The molecule has 1 aliphatic heterocycles. The van der Waals surface area contributed by atoms with Crippen LogP contribution in [0.15, 0.2) is 71.1 Å². The molecule has 0 saturated heterocycles. The monoisotopic (exact) mass is 400 g/mol. The molecule has 1 atom stereocenters. The van der Waals surface area contributed by atoms with E-state index in [4.69, 9.17) is 9.15 Å². The molecule has 3 aromatic carbocycles. The van der Waals surface area contributed by atoms with Gasteiger partial charge in [-0.1, -0.05) is 42.5 Å². The minimum Gasteiger partial charge on any atom is -0.508 e. The number of carboxylic acids is 1. The highest BCUT2D eigenvalue weighted by molar-refractivity contribution is 5.93. The smallest absolute Gasteiger partial charge is 0.307 e. The SMILES string of the molecule is O=C(O)Cc1c(-c2ccccc2)oc2cc3c(cc12)C[C@H](c1ccc(O)cc1)CO3. The summed E-state index contributed by atoms with van der Waals surface area (Å²) in [4.78, 5) is 11.6. The van der Waals surface area contributed by atoms with Crippen LogP contribution in [0, 0.1) is 0 Å². The quantitative estimate of drug-likeness (QED) is 0.495. The summed E-state index contributed by atoms with van der Waals surface area (Å²) in [7, 11) is 0. The van der Waals surface area contributed by atoms with E-state index in [0.29, 0.717) is 23.5 Å². The van der Waals surface area contributed by atoms with Gasteiger partial charge in [-0.05, 0) is 35.7 Å². The Morgan fingerprint density at radius 2 is 1.80 bits per heavy atom. The topological polar surface area (TPSA) is 79.9 Å². The van der Waals surface area contributed by atoms with E-state index in [-0.39, 0.29) is 18.1 Å². The van der Waals surface area contributed by atoms with Crippen LogP contribution >= 0.6 is 0 Å². The molecule has 0 fully saturated rings. The third kappa shape index (κ3) is 3.28. The second kappa shape index (κ2) is 7.26. The molecule has 30 heavy (non-hydrogen) atoms. The standard InChI is InChI=1S/C25H20O5/c26-19-8-6-15(7-9-19)18-10-17-11-20-21(12-24(27)28)25(16-4-2-1-3-5-16)30-23(20)13-22(17)29-14-18/h1-9,11,13,18,26H,10,12,14H2,(H,27,28)/t18-/m0/s1. The molecule has 0 unspecified atom stereocenters. The number of rotatable bonds is 4. The summed E-state index contributed by atoms with van der Waals surface area (Å²) in [6.07, 6.45) is 0.659. The van der Waals surface area contributed by atoms with Crippen LogP contribution in [-0.4, -0.2) is 22.8 Å². The van der Waals surface area contributed by atoms with Gasteiger partial charge in [0.1, 0.15) is 22.8 Å². The van der Waals surface area contributed by atoms with Gasteiger partial charge in [-0.2, -0.15) is 0 Å². The van der Waals surface area contributed by atoms with Crippen LogP contribution in [0.2, 0.25) is 0 Å².